The SMILES string of the molecule is CN(Cc1nc2ccccc2c(=O)n1C)CC(C)(CO)CO. The second-order valence-electron chi connectivity index (χ2n) is 6.21. The van der Waals surface area contributed by atoms with Crippen molar-refractivity contribution in [1.82, 2.24) is 14.5 Å². The van der Waals surface area contributed by atoms with Gasteiger partial charge in [0.25, 0.3) is 5.56 Å². The fraction of sp³-hybridized carbons (Fsp3) is 0.500. The Morgan fingerprint density at radius 2 is 1.91 bits per heavy atom. The van der Waals surface area contributed by atoms with Gasteiger partial charge in [-0.05, 0) is 19.2 Å². The number of aliphatic hydroxyl groups is 2. The van der Waals surface area contributed by atoms with E-state index in [0.717, 1.165) is 0 Å². The zero-order chi connectivity index (χ0) is 16.3. The molecular weight excluding hydrogens is 282 g/mol. The molecule has 0 bridgehead atoms. The number of hydrogen-bond donors (Lipinski definition) is 2. The minimum atomic E-state index is -0.579. The minimum Gasteiger partial charge on any atom is -0.396 e. The lowest BCUT2D eigenvalue weighted by atomic mass is 9.92. The van der Waals surface area contributed by atoms with E-state index < -0.39 is 5.41 Å². The van der Waals surface area contributed by atoms with Crippen molar-refractivity contribution in [2.45, 2.75) is 13.5 Å². The summed E-state index contributed by atoms with van der Waals surface area (Å²) in [4.78, 5) is 18.9. The molecule has 0 unspecified atom stereocenters. The normalized spacial score (nSPS) is 12.3. The second-order valence-corrected chi connectivity index (χ2v) is 6.21. The van der Waals surface area contributed by atoms with E-state index in [9.17, 15) is 15.0 Å². The molecule has 0 aliphatic heterocycles. The van der Waals surface area contributed by atoms with Crippen molar-refractivity contribution >= 4 is 10.9 Å². The Kier molecular flexibility index (Phi) is 4.95. The molecule has 0 saturated carbocycles. The first-order valence-corrected chi connectivity index (χ1v) is 7.25. The molecule has 1 aromatic carbocycles. The Morgan fingerprint density at radius 3 is 2.55 bits per heavy atom. The molecule has 1 aromatic heterocycles. The average Bonchev–Trinajstić information content (AvgIpc) is 2.52. The Labute approximate surface area is 129 Å². The van der Waals surface area contributed by atoms with Crippen molar-refractivity contribution in [1.29, 1.82) is 0 Å². The highest BCUT2D eigenvalue weighted by Gasteiger charge is 2.25. The highest BCUT2D eigenvalue weighted by Crippen LogP contribution is 2.17. The molecule has 0 amide bonds. The zero-order valence-electron chi connectivity index (χ0n) is 13.3. The second kappa shape index (κ2) is 6.56. The van der Waals surface area contributed by atoms with E-state index in [0.29, 0.717) is 29.8 Å². The van der Waals surface area contributed by atoms with Crippen molar-refractivity contribution in [3.8, 4) is 0 Å². The van der Waals surface area contributed by atoms with Crippen LogP contribution in [0.3, 0.4) is 0 Å². The third-order valence-electron chi connectivity index (χ3n) is 3.90. The standard InChI is InChI=1S/C16H23N3O3/c1-16(10-20,11-21)9-18(2)8-14-17-13-7-5-4-6-12(13)15(22)19(14)3/h4-7,20-21H,8-11H2,1-3H3. The van der Waals surface area contributed by atoms with E-state index in [1.54, 1.807) is 17.7 Å². The van der Waals surface area contributed by atoms with E-state index in [-0.39, 0.29) is 18.8 Å². The van der Waals surface area contributed by atoms with Crippen LogP contribution in [0.15, 0.2) is 29.1 Å². The highest BCUT2D eigenvalue weighted by atomic mass is 16.3. The highest BCUT2D eigenvalue weighted by molar-refractivity contribution is 5.77. The van der Waals surface area contributed by atoms with Gasteiger partial charge in [0.15, 0.2) is 0 Å². The molecule has 0 fully saturated rings. The largest absolute Gasteiger partial charge is 0.396 e. The number of rotatable bonds is 6. The van der Waals surface area contributed by atoms with Gasteiger partial charge in [-0.1, -0.05) is 19.1 Å². The summed E-state index contributed by atoms with van der Waals surface area (Å²) in [6, 6.07) is 7.28. The Hall–Kier alpha value is -1.76. The molecule has 6 nitrogen and oxygen atoms in total. The summed E-state index contributed by atoms with van der Waals surface area (Å²) in [6.07, 6.45) is 0. The molecule has 22 heavy (non-hydrogen) atoms. The van der Waals surface area contributed by atoms with Crippen LogP contribution in [-0.2, 0) is 13.6 Å². The van der Waals surface area contributed by atoms with Crippen molar-refractivity contribution < 1.29 is 10.2 Å². The molecule has 1 heterocycles. The van der Waals surface area contributed by atoms with E-state index in [4.69, 9.17) is 0 Å². The van der Waals surface area contributed by atoms with Gasteiger partial charge in [-0.25, -0.2) is 4.98 Å². The number of hydrogen-bond acceptors (Lipinski definition) is 5. The molecule has 0 aliphatic carbocycles. The topological polar surface area (TPSA) is 78.6 Å². The summed E-state index contributed by atoms with van der Waals surface area (Å²) >= 11 is 0. The van der Waals surface area contributed by atoms with Gasteiger partial charge in [0.2, 0.25) is 0 Å². The first kappa shape index (κ1) is 16.6. The fourth-order valence-corrected chi connectivity index (χ4v) is 2.50. The van der Waals surface area contributed by atoms with Crippen molar-refractivity contribution in [3.05, 3.63) is 40.4 Å². The zero-order valence-corrected chi connectivity index (χ0v) is 13.3. The predicted molar refractivity (Wildman–Crippen MR) is 85.6 cm³/mol. The summed E-state index contributed by atoms with van der Waals surface area (Å²) in [5.74, 6) is 0.657. The lowest BCUT2D eigenvalue weighted by Gasteiger charge is -2.30. The van der Waals surface area contributed by atoms with Gasteiger partial charge < -0.3 is 10.2 Å². The molecule has 120 valence electrons. The third-order valence-corrected chi connectivity index (χ3v) is 3.90. The fourth-order valence-electron chi connectivity index (χ4n) is 2.50. The van der Waals surface area contributed by atoms with E-state index >= 15 is 0 Å². The number of para-hydroxylation sites is 1. The van der Waals surface area contributed by atoms with Gasteiger partial charge in [0.1, 0.15) is 5.82 Å². The van der Waals surface area contributed by atoms with Gasteiger partial charge in [-0.15, -0.1) is 0 Å². The number of aromatic nitrogens is 2. The molecule has 2 N–H and O–H groups in total. The molecule has 0 atom stereocenters. The van der Waals surface area contributed by atoms with Crippen LogP contribution in [-0.4, -0.2) is 51.5 Å². The third kappa shape index (κ3) is 3.35. The monoisotopic (exact) mass is 305 g/mol. The molecule has 0 aliphatic rings. The van der Waals surface area contributed by atoms with Crippen LogP contribution in [0.2, 0.25) is 0 Å². The summed E-state index contributed by atoms with van der Waals surface area (Å²) < 4.78 is 1.55. The van der Waals surface area contributed by atoms with Gasteiger partial charge in [-0.3, -0.25) is 14.3 Å². The Morgan fingerprint density at radius 1 is 1.27 bits per heavy atom. The Bertz CT molecular complexity index is 707. The van der Waals surface area contributed by atoms with E-state index in [1.807, 2.05) is 37.1 Å². The van der Waals surface area contributed by atoms with Gasteiger partial charge in [-0.2, -0.15) is 0 Å². The van der Waals surface area contributed by atoms with Gasteiger partial charge in [0.05, 0.1) is 30.7 Å². The van der Waals surface area contributed by atoms with Crippen LogP contribution in [0.5, 0.6) is 0 Å². The predicted octanol–water partition coefficient (Wildman–Crippen LogP) is 0.356. The lowest BCUT2D eigenvalue weighted by Crippen LogP contribution is -2.39. The van der Waals surface area contributed by atoms with E-state index in [1.165, 1.54) is 0 Å². The maximum atomic E-state index is 12.4. The van der Waals surface area contributed by atoms with Crippen LogP contribution >= 0.6 is 0 Å². The lowest BCUT2D eigenvalue weighted by molar-refractivity contribution is 0.0393. The first-order valence-electron chi connectivity index (χ1n) is 7.25. The minimum absolute atomic E-state index is 0.0684. The van der Waals surface area contributed by atoms with Crippen LogP contribution in [0, 0.1) is 5.41 Å². The maximum Gasteiger partial charge on any atom is 0.261 e. The average molecular weight is 305 g/mol. The molecule has 0 saturated heterocycles. The van der Waals surface area contributed by atoms with Crippen molar-refractivity contribution in [2.24, 2.45) is 12.5 Å². The number of aliphatic hydroxyl groups excluding tert-OH is 2. The molecule has 6 heteroatoms. The van der Waals surface area contributed by atoms with Gasteiger partial charge >= 0.3 is 0 Å². The van der Waals surface area contributed by atoms with Crippen molar-refractivity contribution in [3.63, 3.8) is 0 Å². The van der Waals surface area contributed by atoms with Crippen LogP contribution in [0.1, 0.15) is 12.7 Å². The molecule has 2 rings (SSSR count). The van der Waals surface area contributed by atoms with Crippen molar-refractivity contribution in [2.75, 3.05) is 26.8 Å². The summed E-state index contributed by atoms with van der Waals surface area (Å²) in [6.45, 7) is 2.58. The molecule has 0 radical (unpaired) electrons. The quantitative estimate of drug-likeness (QED) is 0.805. The smallest absolute Gasteiger partial charge is 0.261 e. The number of nitrogens with zero attached hydrogens (tertiary/aromatic N) is 3. The maximum absolute atomic E-state index is 12.4. The van der Waals surface area contributed by atoms with Crippen LogP contribution < -0.4 is 5.56 Å². The van der Waals surface area contributed by atoms with Gasteiger partial charge in [0, 0.05) is 19.0 Å². The summed E-state index contributed by atoms with van der Waals surface area (Å²) in [7, 11) is 3.59. The number of fused-ring (bicyclic) bond motifs is 1. The van der Waals surface area contributed by atoms with Crippen LogP contribution in [0.25, 0.3) is 10.9 Å². The molecule has 2 aromatic rings. The molecule has 0 spiro atoms. The Balaban J connectivity index is 2.28. The molecular formula is C16H23N3O3. The van der Waals surface area contributed by atoms with E-state index in [2.05, 4.69) is 4.98 Å². The number of benzene rings is 1. The summed E-state index contributed by atoms with van der Waals surface area (Å²) in [5.41, 5.74) is 0.0342. The summed E-state index contributed by atoms with van der Waals surface area (Å²) in [5, 5.41) is 19.4. The van der Waals surface area contributed by atoms with Crippen LogP contribution in [0.4, 0.5) is 0 Å². The first-order chi connectivity index (χ1) is 10.4.